The summed E-state index contributed by atoms with van der Waals surface area (Å²) in [4.78, 5) is 38.7. The molecule has 0 radical (unpaired) electrons. The van der Waals surface area contributed by atoms with Gasteiger partial charge in [0.2, 0.25) is 0 Å². The van der Waals surface area contributed by atoms with Crippen LogP contribution in [0.3, 0.4) is 0 Å². The van der Waals surface area contributed by atoms with Gasteiger partial charge in [0.05, 0.1) is 0 Å². The highest BCUT2D eigenvalue weighted by atomic mass is 16.5. The first-order valence-corrected chi connectivity index (χ1v) is 10.4. The maximum atomic E-state index is 13.2. The SMILES string of the molecule is CC(C)[C@H](OC(=O)[C@@H](NC(=O)c1ccccc1)c1ccccc1)C(=O)Nc1ccccc1. The van der Waals surface area contributed by atoms with Crippen LogP contribution in [0.5, 0.6) is 0 Å². The Balaban J connectivity index is 1.79. The number of carbonyl (C=O) groups excluding carboxylic acids is 3. The smallest absolute Gasteiger partial charge is 0.334 e. The van der Waals surface area contributed by atoms with Gasteiger partial charge in [-0.2, -0.15) is 0 Å². The zero-order chi connectivity index (χ0) is 22.9. The largest absolute Gasteiger partial charge is 0.450 e. The molecule has 0 aliphatic carbocycles. The Morgan fingerprint density at radius 3 is 1.84 bits per heavy atom. The van der Waals surface area contributed by atoms with Gasteiger partial charge in [0.25, 0.3) is 11.8 Å². The molecule has 3 aromatic carbocycles. The fraction of sp³-hybridized carbons (Fsp3) is 0.192. The van der Waals surface area contributed by atoms with E-state index in [-0.39, 0.29) is 5.92 Å². The molecular weight excluding hydrogens is 404 g/mol. The number of nitrogens with one attached hydrogen (secondary N) is 2. The third kappa shape index (κ3) is 6.04. The molecule has 0 saturated carbocycles. The van der Waals surface area contributed by atoms with E-state index in [0.29, 0.717) is 16.8 Å². The van der Waals surface area contributed by atoms with Crippen LogP contribution in [0.2, 0.25) is 0 Å². The average molecular weight is 431 g/mol. The molecule has 0 aliphatic rings. The molecule has 2 N–H and O–H groups in total. The molecule has 2 atom stereocenters. The normalized spacial score (nSPS) is 12.5. The van der Waals surface area contributed by atoms with Gasteiger partial charge in [0, 0.05) is 11.3 Å². The van der Waals surface area contributed by atoms with Crippen molar-refractivity contribution in [1.29, 1.82) is 0 Å². The predicted molar refractivity (Wildman–Crippen MR) is 123 cm³/mol. The maximum absolute atomic E-state index is 13.2. The van der Waals surface area contributed by atoms with Crippen LogP contribution in [0.1, 0.15) is 35.8 Å². The van der Waals surface area contributed by atoms with Crippen LogP contribution in [0.25, 0.3) is 0 Å². The van der Waals surface area contributed by atoms with E-state index in [4.69, 9.17) is 4.74 Å². The van der Waals surface area contributed by atoms with E-state index >= 15 is 0 Å². The summed E-state index contributed by atoms with van der Waals surface area (Å²) in [7, 11) is 0. The van der Waals surface area contributed by atoms with Crippen molar-refractivity contribution < 1.29 is 19.1 Å². The van der Waals surface area contributed by atoms with Gasteiger partial charge in [0.15, 0.2) is 12.1 Å². The van der Waals surface area contributed by atoms with Crippen LogP contribution in [0, 0.1) is 5.92 Å². The Labute approximate surface area is 187 Å². The molecule has 0 heterocycles. The molecule has 0 unspecified atom stereocenters. The van der Waals surface area contributed by atoms with Gasteiger partial charge in [-0.1, -0.05) is 80.6 Å². The highest BCUT2D eigenvalue weighted by molar-refractivity contribution is 5.98. The standard InChI is InChI=1S/C26H26N2O4/c1-18(2)23(25(30)27-21-16-10-5-11-17-21)32-26(31)22(19-12-6-3-7-13-19)28-24(29)20-14-8-4-9-15-20/h3-18,22-23H,1-2H3,(H,27,30)(H,28,29)/t22-,23-/m0/s1. The van der Waals surface area contributed by atoms with Crippen LogP contribution < -0.4 is 10.6 Å². The minimum atomic E-state index is -1.06. The lowest BCUT2D eigenvalue weighted by Crippen LogP contribution is -2.41. The van der Waals surface area contributed by atoms with E-state index in [2.05, 4.69) is 10.6 Å². The number of amides is 2. The van der Waals surface area contributed by atoms with Crippen molar-refractivity contribution in [1.82, 2.24) is 5.32 Å². The highest BCUT2D eigenvalue weighted by Gasteiger charge is 2.32. The molecule has 6 nitrogen and oxygen atoms in total. The lowest BCUT2D eigenvalue weighted by molar-refractivity contribution is -0.158. The van der Waals surface area contributed by atoms with Crippen molar-refractivity contribution in [3.63, 3.8) is 0 Å². The number of carbonyl (C=O) groups is 3. The first-order chi connectivity index (χ1) is 15.5. The fourth-order valence-corrected chi connectivity index (χ4v) is 3.15. The van der Waals surface area contributed by atoms with Crippen LogP contribution in [-0.4, -0.2) is 23.9 Å². The Morgan fingerprint density at radius 2 is 1.28 bits per heavy atom. The Morgan fingerprint density at radius 1 is 0.750 bits per heavy atom. The molecule has 0 saturated heterocycles. The molecule has 0 spiro atoms. The number of para-hydroxylation sites is 1. The van der Waals surface area contributed by atoms with Crippen LogP contribution in [0.4, 0.5) is 5.69 Å². The van der Waals surface area contributed by atoms with E-state index in [1.54, 1.807) is 92.7 Å². The average Bonchev–Trinajstić information content (AvgIpc) is 2.82. The summed E-state index contributed by atoms with van der Waals surface area (Å²) in [6, 6.07) is 25.3. The summed E-state index contributed by atoms with van der Waals surface area (Å²) >= 11 is 0. The number of ether oxygens (including phenoxy) is 1. The Kier molecular flexibility index (Phi) is 7.75. The second-order valence-electron chi connectivity index (χ2n) is 7.64. The molecule has 32 heavy (non-hydrogen) atoms. The Hall–Kier alpha value is -3.93. The fourth-order valence-electron chi connectivity index (χ4n) is 3.15. The lowest BCUT2D eigenvalue weighted by atomic mass is 10.0. The molecule has 6 heteroatoms. The summed E-state index contributed by atoms with van der Waals surface area (Å²) in [5, 5.41) is 5.51. The van der Waals surface area contributed by atoms with Crippen LogP contribution in [0.15, 0.2) is 91.0 Å². The van der Waals surface area contributed by atoms with Gasteiger partial charge in [-0.25, -0.2) is 4.79 Å². The second-order valence-corrected chi connectivity index (χ2v) is 7.64. The van der Waals surface area contributed by atoms with Crippen molar-refractivity contribution in [2.45, 2.75) is 26.0 Å². The van der Waals surface area contributed by atoms with Crippen molar-refractivity contribution in [2.75, 3.05) is 5.32 Å². The van der Waals surface area contributed by atoms with E-state index in [0.717, 1.165) is 0 Å². The number of hydrogen-bond donors (Lipinski definition) is 2. The summed E-state index contributed by atoms with van der Waals surface area (Å²) < 4.78 is 5.63. The third-order valence-electron chi connectivity index (χ3n) is 4.83. The number of anilines is 1. The molecule has 2 amide bonds. The maximum Gasteiger partial charge on any atom is 0.334 e. The van der Waals surface area contributed by atoms with Gasteiger partial charge in [-0.05, 0) is 35.7 Å². The number of rotatable bonds is 8. The van der Waals surface area contributed by atoms with Crippen LogP contribution >= 0.6 is 0 Å². The number of benzene rings is 3. The van der Waals surface area contributed by atoms with Gasteiger partial charge < -0.3 is 15.4 Å². The summed E-state index contributed by atoms with van der Waals surface area (Å²) in [6.45, 7) is 3.59. The minimum Gasteiger partial charge on any atom is -0.450 e. The molecule has 0 aliphatic heterocycles. The highest BCUT2D eigenvalue weighted by Crippen LogP contribution is 2.19. The number of hydrogen-bond acceptors (Lipinski definition) is 4. The van der Waals surface area contributed by atoms with E-state index in [1.165, 1.54) is 0 Å². The molecule has 0 aromatic heterocycles. The minimum absolute atomic E-state index is 0.274. The summed E-state index contributed by atoms with van der Waals surface area (Å²) in [5.41, 5.74) is 1.59. The van der Waals surface area contributed by atoms with Crippen molar-refractivity contribution >= 4 is 23.5 Å². The molecule has 3 aromatic rings. The first-order valence-electron chi connectivity index (χ1n) is 10.4. The molecule has 0 fully saturated rings. The monoisotopic (exact) mass is 430 g/mol. The topological polar surface area (TPSA) is 84.5 Å². The summed E-state index contributed by atoms with van der Waals surface area (Å²) in [5.74, 6) is -1.82. The van der Waals surface area contributed by atoms with Gasteiger partial charge >= 0.3 is 5.97 Å². The quantitative estimate of drug-likeness (QED) is 0.520. The zero-order valence-electron chi connectivity index (χ0n) is 18.0. The molecule has 0 bridgehead atoms. The second kappa shape index (κ2) is 10.9. The Bertz CT molecular complexity index is 1040. The van der Waals surface area contributed by atoms with Gasteiger partial charge in [0.1, 0.15) is 0 Å². The molecule has 3 rings (SSSR count). The van der Waals surface area contributed by atoms with E-state index in [1.807, 2.05) is 12.1 Å². The summed E-state index contributed by atoms with van der Waals surface area (Å²) in [6.07, 6.45) is -1.03. The first kappa shape index (κ1) is 22.7. The third-order valence-corrected chi connectivity index (χ3v) is 4.83. The van der Waals surface area contributed by atoms with E-state index < -0.39 is 29.9 Å². The van der Waals surface area contributed by atoms with Crippen molar-refractivity contribution in [2.24, 2.45) is 5.92 Å². The van der Waals surface area contributed by atoms with Crippen molar-refractivity contribution in [3.8, 4) is 0 Å². The lowest BCUT2D eigenvalue weighted by Gasteiger charge is -2.24. The van der Waals surface area contributed by atoms with Crippen LogP contribution in [-0.2, 0) is 14.3 Å². The molecule has 164 valence electrons. The van der Waals surface area contributed by atoms with Gasteiger partial charge in [-0.15, -0.1) is 0 Å². The zero-order valence-corrected chi connectivity index (χ0v) is 18.0. The van der Waals surface area contributed by atoms with Crippen molar-refractivity contribution in [3.05, 3.63) is 102 Å². The number of esters is 1. The predicted octanol–water partition coefficient (Wildman–Crippen LogP) is 4.36. The van der Waals surface area contributed by atoms with Gasteiger partial charge in [-0.3, -0.25) is 9.59 Å². The van der Waals surface area contributed by atoms with E-state index in [9.17, 15) is 14.4 Å². The molecular formula is C26H26N2O4.